The minimum Gasteiger partial charge on any atom is -0.360 e. The van der Waals surface area contributed by atoms with Crippen LogP contribution in [-0.2, 0) is 4.79 Å². The highest BCUT2D eigenvalue weighted by atomic mass is 35.5. The van der Waals surface area contributed by atoms with Crippen LogP contribution in [0.5, 0.6) is 0 Å². The number of amides is 1. The normalized spacial score (nSPS) is 10.2. The Balaban J connectivity index is 2.09. The van der Waals surface area contributed by atoms with E-state index in [1.807, 2.05) is 0 Å². The number of nitrogens with one attached hydrogen (secondary N) is 1. The smallest absolute Gasteiger partial charge is 0.295 e. The highest BCUT2D eigenvalue weighted by Crippen LogP contribution is 2.27. The summed E-state index contributed by atoms with van der Waals surface area (Å²) in [6.45, 7) is -0.130. The molecule has 0 radical (unpaired) electrons. The van der Waals surface area contributed by atoms with Crippen molar-refractivity contribution < 1.29 is 14.1 Å². The maximum Gasteiger partial charge on any atom is 0.295 e. The number of likely N-dealkylation sites (N-methyl/N-ethyl adjacent to an activating group) is 1. The predicted molar refractivity (Wildman–Crippen MR) is 86.4 cm³/mol. The van der Waals surface area contributed by atoms with Crippen LogP contribution in [0.25, 0.3) is 0 Å². The number of carbonyl (C=O) groups excluding carboxylic acids is 1. The molecule has 0 saturated heterocycles. The van der Waals surface area contributed by atoms with Crippen molar-refractivity contribution in [2.24, 2.45) is 0 Å². The van der Waals surface area contributed by atoms with Gasteiger partial charge in [-0.15, -0.1) is 0 Å². The van der Waals surface area contributed by atoms with E-state index < -0.39 is 16.4 Å². The third-order valence-corrected chi connectivity index (χ3v) is 3.31. The molecular formula is C15H13ClFN3O3. The van der Waals surface area contributed by atoms with Crippen LogP contribution in [-0.4, -0.2) is 24.4 Å². The summed E-state index contributed by atoms with van der Waals surface area (Å²) in [7, 11) is 1.52. The quantitative estimate of drug-likeness (QED) is 0.669. The summed E-state index contributed by atoms with van der Waals surface area (Å²) < 4.78 is 13.1. The third kappa shape index (κ3) is 4.40. The second-order valence-corrected chi connectivity index (χ2v) is 5.24. The average molecular weight is 338 g/mol. The zero-order valence-electron chi connectivity index (χ0n) is 12.1. The summed E-state index contributed by atoms with van der Waals surface area (Å²) in [5.74, 6) is -1.08. The molecule has 0 saturated carbocycles. The molecule has 0 aliphatic carbocycles. The van der Waals surface area contributed by atoms with E-state index in [2.05, 4.69) is 5.32 Å². The molecular weight excluding hydrogens is 325 g/mol. The fraction of sp³-hybridized carbons (Fsp3) is 0.133. The van der Waals surface area contributed by atoms with Gasteiger partial charge in [-0.3, -0.25) is 14.9 Å². The Bertz CT molecular complexity index is 737. The predicted octanol–water partition coefficient (Wildman–Crippen LogP) is 3.46. The van der Waals surface area contributed by atoms with Crippen molar-refractivity contribution in [3.63, 3.8) is 0 Å². The maximum atomic E-state index is 13.1. The lowest BCUT2D eigenvalue weighted by Gasteiger charge is -2.18. The highest BCUT2D eigenvalue weighted by molar-refractivity contribution is 6.30. The van der Waals surface area contributed by atoms with Gasteiger partial charge in [0, 0.05) is 17.8 Å². The lowest BCUT2D eigenvalue weighted by Crippen LogP contribution is -2.30. The molecule has 2 aromatic carbocycles. The Labute approximate surface area is 136 Å². The lowest BCUT2D eigenvalue weighted by atomic mass is 10.2. The summed E-state index contributed by atoms with van der Waals surface area (Å²) in [6, 6.07) is 9.74. The number of nitrogens with zero attached hydrogens (tertiary/aromatic N) is 2. The standard InChI is InChI=1S/C15H13ClFN3O3/c1-19(13-7-4-11(17)8-14(13)20(22)23)9-15(21)18-12-5-2-10(16)3-6-12/h2-8H,9H2,1H3,(H,18,21). The minimum atomic E-state index is -0.709. The maximum absolute atomic E-state index is 13.1. The number of rotatable bonds is 5. The van der Waals surface area contributed by atoms with Crippen molar-refractivity contribution in [1.29, 1.82) is 0 Å². The first-order chi connectivity index (χ1) is 10.9. The van der Waals surface area contributed by atoms with E-state index >= 15 is 0 Å². The van der Waals surface area contributed by atoms with Crippen molar-refractivity contribution in [1.82, 2.24) is 0 Å². The number of carbonyl (C=O) groups is 1. The molecule has 0 aromatic heterocycles. The summed E-state index contributed by atoms with van der Waals surface area (Å²) in [5, 5.41) is 14.2. The van der Waals surface area contributed by atoms with E-state index in [0.29, 0.717) is 10.7 Å². The number of nitro groups is 1. The van der Waals surface area contributed by atoms with Crippen molar-refractivity contribution in [2.45, 2.75) is 0 Å². The number of halogens is 2. The molecule has 1 amide bonds. The molecule has 0 fully saturated rings. The number of hydrogen-bond acceptors (Lipinski definition) is 4. The Morgan fingerprint density at radius 3 is 2.57 bits per heavy atom. The fourth-order valence-electron chi connectivity index (χ4n) is 2.00. The zero-order valence-corrected chi connectivity index (χ0v) is 12.9. The molecule has 0 aliphatic heterocycles. The van der Waals surface area contributed by atoms with Gasteiger partial charge in [0.15, 0.2) is 0 Å². The summed E-state index contributed by atoms with van der Waals surface area (Å²) in [4.78, 5) is 23.7. The minimum absolute atomic E-state index is 0.130. The average Bonchev–Trinajstić information content (AvgIpc) is 2.49. The van der Waals surface area contributed by atoms with Crippen LogP contribution < -0.4 is 10.2 Å². The van der Waals surface area contributed by atoms with Crippen molar-refractivity contribution in [3.8, 4) is 0 Å². The first-order valence-electron chi connectivity index (χ1n) is 6.57. The van der Waals surface area contributed by atoms with Gasteiger partial charge in [-0.25, -0.2) is 4.39 Å². The van der Waals surface area contributed by atoms with E-state index in [4.69, 9.17) is 11.6 Å². The van der Waals surface area contributed by atoms with Crippen molar-refractivity contribution >= 4 is 34.6 Å². The fourth-order valence-corrected chi connectivity index (χ4v) is 2.13. The molecule has 6 nitrogen and oxygen atoms in total. The van der Waals surface area contributed by atoms with Gasteiger partial charge in [-0.05, 0) is 36.4 Å². The van der Waals surface area contributed by atoms with Crippen molar-refractivity contribution in [2.75, 3.05) is 23.8 Å². The topological polar surface area (TPSA) is 75.5 Å². The first-order valence-corrected chi connectivity index (χ1v) is 6.95. The molecule has 2 rings (SSSR count). The van der Waals surface area contributed by atoms with Gasteiger partial charge in [0.2, 0.25) is 5.91 Å². The Morgan fingerprint density at radius 1 is 1.30 bits per heavy atom. The van der Waals surface area contributed by atoms with E-state index in [1.54, 1.807) is 24.3 Å². The van der Waals surface area contributed by atoms with Crippen LogP contribution >= 0.6 is 11.6 Å². The van der Waals surface area contributed by atoms with Crippen LogP contribution in [0.1, 0.15) is 0 Å². The molecule has 2 aromatic rings. The lowest BCUT2D eigenvalue weighted by molar-refractivity contribution is -0.384. The highest BCUT2D eigenvalue weighted by Gasteiger charge is 2.19. The van der Waals surface area contributed by atoms with Crippen LogP contribution in [0, 0.1) is 15.9 Å². The molecule has 0 heterocycles. The van der Waals surface area contributed by atoms with Crippen LogP contribution in [0.2, 0.25) is 5.02 Å². The van der Waals surface area contributed by atoms with Gasteiger partial charge in [-0.1, -0.05) is 11.6 Å². The van der Waals surface area contributed by atoms with E-state index in [0.717, 1.165) is 12.1 Å². The molecule has 23 heavy (non-hydrogen) atoms. The molecule has 0 spiro atoms. The van der Waals surface area contributed by atoms with Gasteiger partial charge in [0.25, 0.3) is 5.69 Å². The van der Waals surface area contributed by atoms with Gasteiger partial charge in [0.1, 0.15) is 11.5 Å². The number of benzene rings is 2. The number of hydrogen-bond donors (Lipinski definition) is 1. The number of nitro benzene ring substituents is 1. The molecule has 0 atom stereocenters. The van der Waals surface area contributed by atoms with E-state index in [1.165, 1.54) is 18.0 Å². The Morgan fingerprint density at radius 2 is 1.96 bits per heavy atom. The largest absolute Gasteiger partial charge is 0.360 e. The monoisotopic (exact) mass is 337 g/mol. The van der Waals surface area contributed by atoms with E-state index in [-0.39, 0.29) is 18.1 Å². The van der Waals surface area contributed by atoms with Gasteiger partial charge < -0.3 is 10.2 Å². The van der Waals surface area contributed by atoms with Gasteiger partial charge in [0.05, 0.1) is 17.5 Å². The third-order valence-electron chi connectivity index (χ3n) is 3.05. The molecule has 120 valence electrons. The van der Waals surface area contributed by atoms with Gasteiger partial charge in [-0.2, -0.15) is 0 Å². The molecule has 0 aliphatic rings. The summed E-state index contributed by atoms with van der Waals surface area (Å²) >= 11 is 5.76. The SMILES string of the molecule is CN(CC(=O)Nc1ccc(Cl)cc1)c1ccc(F)cc1[N+](=O)[O-]. The van der Waals surface area contributed by atoms with Crippen molar-refractivity contribution in [3.05, 3.63) is 63.4 Å². The summed E-state index contributed by atoms with van der Waals surface area (Å²) in [6.07, 6.45) is 0. The second-order valence-electron chi connectivity index (χ2n) is 4.80. The molecule has 0 bridgehead atoms. The Hall–Kier alpha value is -2.67. The van der Waals surface area contributed by atoms with Gasteiger partial charge >= 0.3 is 0 Å². The number of anilines is 2. The zero-order chi connectivity index (χ0) is 17.0. The first kappa shape index (κ1) is 16.7. The van der Waals surface area contributed by atoms with Crippen LogP contribution in [0.4, 0.5) is 21.5 Å². The second kappa shape index (κ2) is 7.06. The van der Waals surface area contributed by atoms with Crippen LogP contribution in [0.15, 0.2) is 42.5 Å². The molecule has 0 unspecified atom stereocenters. The van der Waals surface area contributed by atoms with Crippen LogP contribution in [0.3, 0.4) is 0 Å². The Kier molecular flexibility index (Phi) is 5.13. The molecule has 8 heteroatoms. The summed E-state index contributed by atoms with van der Waals surface area (Å²) in [5.41, 5.74) is 0.316. The molecule has 1 N–H and O–H groups in total. The van der Waals surface area contributed by atoms with E-state index in [9.17, 15) is 19.3 Å².